The van der Waals surface area contributed by atoms with E-state index in [1.165, 1.54) is 51.4 Å². The zero-order valence-corrected chi connectivity index (χ0v) is 12.8. The zero-order chi connectivity index (χ0) is 13.3. The highest BCUT2D eigenvalue weighted by molar-refractivity contribution is 4.87. The van der Waals surface area contributed by atoms with E-state index in [1.807, 2.05) is 0 Å². The van der Waals surface area contributed by atoms with Crippen molar-refractivity contribution in [2.45, 2.75) is 77.7 Å². The highest BCUT2D eigenvalue weighted by Gasteiger charge is 2.31. The van der Waals surface area contributed by atoms with Crippen molar-refractivity contribution in [3.05, 3.63) is 0 Å². The molecular weight excluding hydrogens is 222 g/mol. The highest BCUT2D eigenvalue weighted by Crippen LogP contribution is 2.29. The summed E-state index contributed by atoms with van der Waals surface area (Å²) in [4.78, 5) is 2.69. The SMILES string of the molecule is CCCCCCC(C)(CCCC)N1CCOCC1. The van der Waals surface area contributed by atoms with Crippen LogP contribution in [0, 0.1) is 0 Å². The maximum atomic E-state index is 5.50. The summed E-state index contributed by atoms with van der Waals surface area (Å²) in [5.41, 5.74) is 0.424. The van der Waals surface area contributed by atoms with E-state index in [0.29, 0.717) is 5.54 Å². The van der Waals surface area contributed by atoms with Crippen LogP contribution in [0.2, 0.25) is 0 Å². The van der Waals surface area contributed by atoms with E-state index in [4.69, 9.17) is 4.74 Å². The third kappa shape index (κ3) is 5.27. The second-order valence-electron chi connectivity index (χ2n) is 6.01. The van der Waals surface area contributed by atoms with E-state index >= 15 is 0 Å². The van der Waals surface area contributed by atoms with Gasteiger partial charge in [-0.3, -0.25) is 4.90 Å². The Morgan fingerprint density at radius 3 is 2.11 bits per heavy atom. The van der Waals surface area contributed by atoms with Crippen molar-refractivity contribution in [1.29, 1.82) is 0 Å². The normalized spacial score (nSPS) is 20.8. The molecule has 0 aromatic carbocycles. The predicted octanol–water partition coefficient (Wildman–Crippen LogP) is 4.24. The maximum absolute atomic E-state index is 5.50. The largest absolute Gasteiger partial charge is 0.379 e. The summed E-state index contributed by atoms with van der Waals surface area (Å²) in [6, 6.07) is 0. The minimum Gasteiger partial charge on any atom is -0.379 e. The number of hydrogen-bond donors (Lipinski definition) is 0. The molecule has 1 atom stereocenters. The Bertz CT molecular complexity index is 201. The smallest absolute Gasteiger partial charge is 0.0594 e. The molecule has 2 nitrogen and oxygen atoms in total. The van der Waals surface area contributed by atoms with Gasteiger partial charge in [-0.25, -0.2) is 0 Å². The van der Waals surface area contributed by atoms with Crippen LogP contribution in [0.3, 0.4) is 0 Å². The van der Waals surface area contributed by atoms with Crippen LogP contribution < -0.4 is 0 Å². The second kappa shape index (κ2) is 8.92. The van der Waals surface area contributed by atoms with Crippen LogP contribution in [0.25, 0.3) is 0 Å². The lowest BCUT2D eigenvalue weighted by Gasteiger charge is -2.44. The van der Waals surface area contributed by atoms with Crippen molar-refractivity contribution in [3.8, 4) is 0 Å². The van der Waals surface area contributed by atoms with Crippen LogP contribution in [0.1, 0.15) is 72.1 Å². The molecule has 0 saturated carbocycles. The van der Waals surface area contributed by atoms with Crippen molar-refractivity contribution in [1.82, 2.24) is 4.90 Å². The first-order valence-electron chi connectivity index (χ1n) is 8.05. The quantitative estimate of drug-likeness (QED) is 0.571. The van der Waals surface area contributed by atoms with Gasteiger partial charge < -0.3 is 4.74 Å². The van der Waals surface area contributed by atoms with E-state index in [2.05, 4.69) is 25.7 Å². The monoisotopic (exact) mass is 255 g/mol. The van der Waals surface area contributed by atoms with E-state index in [9.17, 15) is 0 Å². The zero-order valence-electron chi connectivity index (χ0n) is 12.8. The molecule has 0 spiro atoms. The average molecular weight is 255 g/mol. The molecule has 18 heavy (non-hydrogen) atoms. The molecule has 2 heteroatoms. The molecule has 108 valence electrons. The van der Waals surface area contributed by atoms with E-state index in [-0.39, 0.29) is 0 Å². The van der Waals surface area contributed by atoms with Crippen LogP contribution in [-0.2, 0) is 4.74 Å². The van der Waals surface area contributed by atoms with Crippen molar-refractivity contribution < 1.29 is 4.74 Å². The average Bonchev–Trinajstić information content (AvgIpc) is 2.42. The molecule has 1 saturated heterocycles. The number of hydrogen-bond acceptors (Lipinski definition) is 2. The van der Waals surface area contributed by atoms with Gasteiger partial charge in [0, 0.05) is 18.6 Å². The Kier molecular flexibility index (Phi) is 7.92. The van der Waals surface area contributed by atoms with E-state index in [1.54, 1.807) is 0 Å². The summed E-state index contributed by atoms with van der Waals surface area (Å²) in [6.45, 7) is 11.2. The number of rotatable bonds is 9. The van der Waals surface area contributed by atoms with Gasteiger partial charge in [0.25, 0.3) is 0 Å². The maximum Gasteiger partial charge on any atom is 0.0594 e. The Balaban J connectivity index is 2.44. The Morgan fingerprint density at radius 2 is 1.50 bits per heavy atom. The van der Waals surface area contributed by atoms with E-state index in [0.717, 1.165) is 26.3 Å². The molecule has 0 amide bonds. The summed E-state index contributed by atoms with van der Waals surface area (Å²) in [5, 5.41) is 0. The topological polar surface area (TPSA) is 12.5 Å². The van der Waals surface area contributed by atoms with Crippen LogP contribution in [0.4, 0.5) is 0 Å². The third-order valence-electron chi connectivity index (χ3n) is 4.41. The summed E-state index contributed by atoms with van der Waals surface area (Å²) < 4.78 is 5.50. The molecule has 0 bridgehead atoms. The third-order valence-corrected chi connectivity index (χ3v) is 4.41. The van der Waals surface area contributed by atoms with Crippen molar-refractivity contribution >= 4 is 0 Å². The van der Waals surface area contributed by atoms with Crippen LogP contribution in [0.5, 0.6) is 0 Å². The number of unbranched alkanes of at least 4 members (excludes halogenated alkanes) is 4. The summed E-state index contributed by atoms with van der Waals surface area (Å²) >= 11 is 0. The highest BCUT2D eigenvalue weighted by atomic mass is 16.5. The molecule has 0 aromatic heterocycles. The van der Waals surface area contributed by atoms with E-state index < -0.39 is 0 Å². The predicted molar refractivity (Wildman–Crippen MR) is 79.1 cm³/mol. The lowest BCUT2D eigenvalue weighted by molar-refractivity contribution is -0.0241. The molecule has 0 aliphatic carbocycles. The molecule has 1 rings (SSSR count). The Morgan fingerprint density at radius 1 is 0.889 bits per heavy atom. The number of ether oxygens (including phenoxy) is 1. The first-order chi connectivity index (χ1) is 8.73. The van der Waals surface area contributed by atoms with Crippen LogP contribution >= 0.6 is 0 Å². The van der Waals surface area contributed by atoms with Crippen molar-refractivity contribution in [3.63, 3.8) is 0 Å². The van der Waals surface area contributed by atoms with Gasteiger partial charge in [0.15, 0.2) is 0 Å². The van der Waals surface area contributed by atoms with Crippen LogP contribution in [-0.4, -0.2) is 36.7 Å². The molecule has 1 heterocycles. The molecule has 0 aromatic rings. The molecule has 1 unspecified atom stereocenters. The van der Waals surface area contributed by atoms with Gasteiger partial charge in [-0.2, -0.15) is 0 Å². The second-order valence-corrected chi connectivity index (χ2v) is 6.01. The van der Waals surface area contributed by atoms with Gasteiger partial charge >= 0.3 is 0 Å². The minimum absolute atomic E-state index is 0.424. The summed E-state index contributed by atoms with van der Waals surface area (Å²) in [6.07, 6.45) is 10.9. The fraction of sp³-hybridized carbons (Fsp3) is 1.00. The van der Waals surface area contributed by atoms with Crippen LogP contribution in [0.15, 0.2) is 0 Å². The Labute approximate surface area is 114 Å². The van der Waals surface area contributed by atoms with Gasteiger partial charge in [0.05, 0.1) is 13.2 Å². The minimum atomic E-state index is 0.424. The lowest BCUT2D eigenvalue weighted by atomic mass is 9.86. The molecule has 1 fully saturated rings. The van der Waals surface area contributed by atoms with Crippen molar-refractivity contribution in [2.75, 3.05) is 26.3 Å². The molecule has 0 radical (unpaired) electrons. The molecular formula is C16H33NO. The molecule has 0 N–H and O–H groups in total. The molecule has 1 aliphatic rings. The fourth-order valence-electron chi connectivity index (χ4n) is 3.03. The first-order valence-corrected chi connectivity index (χ1v) is 8.05. The molecule has 1 aliphatic heterocycles. The van der Waals surface area contributed by atoms with Gasteiger partial charge in [-0.15, -0.1) is 0 Å². The van der Waals surface area contributed by atoms with Gasteiger partial charge in [0.2, 0.25) is 0 Å². The number of nitrogens with zero attached hydrogens (tertiary/aromatic N) is 1. The summed E-state index contributed by atoms with van der Waals surface area (Å²) in [7, 11) is 0. The standard InChI is InChI=1S/C16H33NO/c1-4-6-8-9-11-16(3,10-7-5-2)17-12-14-18-15-13-17/h4-15H2,1-3H3. The van der Waals surface area contributed by atoms with Gasteiger partial charge in [-0.05, 0) is 19.8 Å². The summed E-state index contributed by atoms with van der Waals surface area (Å²) in [5.74, 6) is 0. The lowest BCUT2D eigenvalue weighted by Crippen LogP contribution is -2.51. The first kappa shape index (κ1) is 16.0. The van der Waals surface area contributed by atoms with Crippen molar-refractivity contribution in [2.24, 2.45) is 0 Å². The fourth-order valence-corrected chi connectivity index (χ4v) is 3.03. The van der Waals surface area contributed by atoms with Gasteiger partial charge in [-0.1, -0.05) is 52.4 Å². The Hall–Kier alpha value is -0.0800. The number of morpholine rings is 1. The van der Waals surface area contributed by atoms with Gasteiger partial charge in [0.1, 0.15) is 0 Å².